The van der Waals surface area contributed by atoms with Crippen molar-refractivity contribution in [2.75, 3.05) is 19.8 Å². The van der Waals surface area contributed by atoms with Gasteiger partial charge < -0.3 is 25.3 Å². The number of carbonyl (C=O) groups is 2. The fourth-order valence-corrected chi connectivity index (χ4v) is 4.19. The number of furan rings is 1. The van der Waals surface area contributed by atoms with Crippen LogP contribution < -0.4 is 11.1 Å². The summed E-state index contributed by atoms with van der Waals surface area (Å²) in [5, 5.41) is 12.8. The van der Waals surface area contributed by atoms with E-state index in [1.807, 2.05) is 30.3 Å². The molecule has 0 unspecified atom stereocenters. The van der Waals surface area contributed by atoms with Crippen molar-refractivity contribution in [2.24, 2.45) is 5.73 Å². The molecular weight excluding hydrogens is 396 g/mol. The van der Waals surface area contributed by atoms with Crippen LogP contribution >= 0.6 is 0 Å². The van der Waals surface area contributed by atoms with Gasteiger partial charge in [-0.15, -0.1) is 0 Å². The zero-order valence-corrected chi connectivity index (χ0v) is 17.8. The molecule has 1 saturated heterocycles. The Kier molecular flexibility index (Phi) is 5.11. The first kappa shape index (κ1) is 21.1. The molecule has 0 bridgehead atoms. The molecule has 4 rings (SSSR count). The van der Waals surface area contributed by atoms with Gasteiger partial charge in [-0.3, -0.25) is 9.59 Å². The molecule has 7 nitrogen and oxygen atoms in total. The number of hydrogen-bond acceptors (Lipinski definition) is 5. The average molecular weight is 422 g/mol. The fraction of sp³-hybridized carbons (Fsp3) is 0.333. The summed E-state index contributed by atoms with van der Waals surface area (Å²) in [5.74, 6) is -0.928. The molecule has 31 heavy (non-hydrogen) atoms. The zero-order chi connectivity index (χ0) is 22.4. The maximum atomic E-state index is 13.1. The van der Waals surface area contributed by atoms with Crippen LogP contribution in [0.2, 0.25) is 0 Å². The van der Waals surface area contributed by atoms with Gasteiger partial charge in [-0.1, -0.05) is 30.3 Å². The van der Waals surface area contributed by atoms with Crippen LogP contribution in [0.1, 0.15) is 39.7 Å². The highest BCUT2D eigenvalue weighted by Crippen LogP contribution is 2.42. The van der Waals surface area contributed by atoms with Crippen molar-refractivity contribution in [1.82, 2.24) is 5.32 Å². The largest absolute Gasteiger partial charge is 0.461 e. The van der Waals surface area contributed by atoms with Gasteiger partial charge in [0.2, 0.25) is 5.91 Å². The molecule has 7 heteroatoms. The predicted octanol–water partition coefficient (Wildman–Crippen LogP) is 2.33. The van der Waals surface area contributed by atoms with Crippen LogP contribution in [0.5, 0.6) is 0 Å². The van der Waals surface area contributed by atoms with E-state index < -0.39 is 24.0 Å². The molecule has 0 radical (unpaired) electrons. The topological polar surface area (TPSA) is 115 Å². The molecule has 1 aliphatic rings. The van der Waals surface area contributed by atoms with Gasteiger partial charge >= 0.3 is 0 Å². The number of nitrogens with two attached hydrogens (primary N) is 1. The van der Waals surface area contributed by atoms with Gasteiger partial charge in [0.15, 0.2) is 0 Å². The lowest BCUT2D eigenvalue weighted by molar-refractivity contribution is -0.124. The summed E-state index contributed by atoms with van der Waals surface area (Å²) in [6, 6.07) is 14.0. The number of amides is 2. The van der Waals surface area contributed by atoms with Crippen molar-refractivity contribution >= 4 is 22.8 Å². The van der Waals surface area contributed by atoms with E-state index in [1.54, 1.807) is 6.92 Å². The summed E-state index contributed by atoms with van der Waals surface area (Å²) in [6.45, 7) is 5.64. The standard InChI is InChI=1S/C24H26N2O5/c1-14-6-4-5-7-18(14)24(12-30-13-24)16-8-9-19-17(10-16)20(15(2)31-19)21(28)26-23(3,11-27)22(25)29/h4-10,27H,11-13H2,1-3H3,(H2,25,29)(H,26,28)/t23-/m0/s1. The van der Waals surface area contributed by atoms with Crippen LogP contribution in [0.4, 0.5) is 0 Å². The van der Waals surface area contributed by atoms with E-state index >= 15 is 0 Å². The second-order valence-corrected chi connectivity index (χ2v) is 8.44. The number of primary amides is 1. The van der Waals surface area contributed by atoms with Crippen molar-refractivity contribution in [3.63, 3.8) is 0 Å². The van der Waals surface area contributed by atoms with Crippen molar-refractivity contribution < 1.29 is 23.8 Å². The minimum absolute atomic E-state index is 0.300. The maximum Gasteiger partial charge on any atom is 0.256 e. The molecule has 4 N–H and O–H groups in total. The highest BCUT2D eigenvalue weighted by atomic mass is 16.5. The highest BCUT2D eigenvalue weighted by Gasteiger charge is 2.43. The van der Waals surface area contributed by atoms with Gasteiger partial charge in [0.1, 0.15) is 16.9 Å². The smallest absolute Gasteiger partial charge is 0.256 e. The van der Waals surface area contributed by atoms with Gasteiger partial charge in [-0.2, -0.15) is 0 Å². The number of benzene rings is 2. The molecule has 0 saturated carbocycles. The Bertz CT molecular complexity index is 1180. The lowest BCUT2D eigenvalue weighted by Gasteiger charge is -2.43. The molecular formula is C24H26N2O5. The van der Waals surface area contributed by atoms with Crippen LogP contribution in [0.3, 0.4) is 0 Å². The summed E-state index contributed by atoms with van der Waals surface area (Å²) in [6.07, 6.45) is 0. The van der Waals surface area contributed by atoms with Crippen LogP contribution in [-0.2, 0) is 14.9 Å². The minimum Gasteiger partial charge on any atom is -0.461 e. The molecule has 2 aromatic carbocycles. The Labute approximate surface area is 180 Å². The Morgan fingerprint density at radius 2 is 1.90 bits per heavy atom. The van der Waals surface area contributed by atoms with Crippen LogP contribution in [0.25, 0.3) is 11.0 Å². The number of nitrogens with one attached hydrogen (secondary N) is 1. The van der Waals surface area contributed by atoms with Crippen LogP contribution in [0.15, 0.2) is 46.9 Å². The Hall–Kier alpha value is -3.16. The van der Waals surface area contributed by atoms with Gasteiger partial charge in [0, 0.05) is 5.39 Å². The van der Waals surface area contributed by atoms with E-state index in [2.05, 4.69) is 24.4 Å². The van der Waals surface area contributed by atoms with Crippen molar-refractivity contribution in [3.05, 3.63) is 70.5 Å². The Morgan fingerprint density at radius 3 is 2.48 bits per heavy atom. The number of aliphatic hydroxyl groups is 1. The number of fused-ring (bicyclic) bond motifs is 1. The monoisotopic (exact) mass is 422 g/mol. The number of aryl methyl sites for hydroxylation is 2. The van der Waals surface area contributed by atoms with Crippen molar-refractivity contribution in [1.29, 1.82) is 0 Å². The summed E-state index contributed by atoms with van der Waals surface area (Å²) in [7, 11) is 0. The van der Waals surface area contributed by atoms with E-state index in [0.29, 0.717) is 35.5 Å². The quantitative estimate of drug-likeness (QED) is 0.564. The lowest BCUT2D eigenvalue weighted by Crippen LogP contribution is -2.57. The first-order chi connectivity index (χ1) is 14.7. The molecule has 2 heterocycles. The number of aliphatic hydroxyl groups excluding tert-OH is 1. The van der Waals surface area contributed by atoms with Crippen LogP contribution in [0, 0.1) is 13.8 Å². The normalized spacial score (nSPS) is 17.0. The maximum absolute atomic E-state index is 13.1. The zero-order valence-electron chi connectivity index (χ0n) is 17.8. The molecule has 1 aromatic heterocycles. The summed E-state index contributed by atoms with van der Waals surface area (Å²) >= 11 is 0. The average Bonchev–Trinajstić information content (AvgIpc) is 3.03. The lowest BCUT2D eigenvalue weighted by atomic mass is 9.71. The molecule has 1 aliphatic heterocycles. The minimum atomic E-state index is -1.57. The van der Waals surface area contributed by atoms with Gasteiger partial charge in [0.25, 0.3) is 5.91 Å². The Morgan fingerprint density at radius 1 is 1.19 bits per heavy atom. The molecule has 162 valence electrons. The number of ether oxygens (including phenoxy) is 1. The number of rotatable bonds is 6. The van der Waals surface area contributed by atoms with Gasteiger partial charge in [-0.25, -0.2) is 0 Å². The third-order valence-corrected chi connectivity index (χ3v) is 6.25. The van der Waals surface area contributed by atoms with Crippen LogP contribution in [-0.4, -0.2) is 42.3 Å². The molecule has 2 amide bonds. The molecule has 3 aromatic rings. The number of carbonyl (C=O) groups excluding carboxylic acids is 2. The summed E-state index contributed by atoms with van der Waals surface area (Å²) < 4.78 is 11.4. The third-order valence-electron chi connectivity index (χ3n) is 6.25. The van der Waals surface area contributed by atoms with E-state index in [4.69, 9.17) is 14.9 Å². The second kappa shape index (κ2) is 7.51. The Balaban J connectivity index is 1.81. The highest BCUT2D eigenvalue weighted by molar-refractivity contribution is 6.09. The van der Waals surface area contributed by atoms with E-state index in [0.717, 1.165) is 5.56 Å². The SMILES string of the molecule is Cc1ccccc1C1(c2ccc3oc(C)c(C(=O)N[C@@](C)(CO)C(N)=O)c3c2)COC1. The first-order valence-electron chi connectivity index (χ1n) is 10.1. The second-order valence-electron chi connectivity index (χ2n) is 8.44. The molecule has 0 spiro atoms. The first-order valence-corrected chi connectivity index (χ1v) is 10.1. The summed E-state index contributed by atoms with van der Waals surface area (Å²) in [4.78, 5) is 24.8. The molecule has 1 atom stereocenters. The van der Waals surface area contributed by atoms with Crippen molar-refractivity contribution in [3.8, 4) is 0 Å². The van der Waals surface area contributed by atoms with E-state index in [-0.39, 0.29) is 5.41 Å². The third kappa shape index (κ3) is 3.30. The van der Waals surface area contributed by atoms with Gasteiger partial charge in [-0.05, 0) is 49.6 Å². The molecule has 1 fully saturated rings. The fourth-order valence-electron chi connectivity index (χ4n) is 4.19. The number of hydrogen-bond donors (Lipinski definition) is 3. The van der Waals surface area contributed by atoms with E-state index in [1.165, 1.54) is 18.1 Å². The van der Waals surface area contributed by atoms with E-state index in [9.17, 15) is 14.7 Å². The summed E-state index contributed by atoms with van der Waals surface area (Å²) in [5.41, 5.74) is 7.76. The van der Waals surface area contributed by atoms with Crippen molar-refractivity contribution in [2.45, 2.75) is 31.7 Å². The van der Waals surface area contributed by atoms with Gasteiger partial charge in [0.05, 0.1) is 30.8 Å². The molecule has 0 aliphatic carbocycles. The predicted molar refractivity (Wildman–Crippen MR) is 116 cm³/mol.